The summed E-state index contributed by atoms with van der Waals surface area (Å²) in [7, 11) is 1.70. The van der Waals surface area contributed by atoms with Gasteiger partial charge in [-0.15, -0.1) is 0 Å². The Hall–Kier alpha value is -2.53. The number of aromatic nitrogens is 3. The van der Waals surface area contributed by atoms with Crippen molar-refractivity contribution in [1.82, 2.24) is 15.1 Å². The van der Waals surface area contributed by atoms with Crippen LogP contribution in [0.2, 0.25) is 0 Å². The van der Waals surface area contributed by atoms with E-state index >= 15 is 0 Å². The van der Waals surface area contributed by atoms with Crippen LogP contribution in [0.1, 0.15) is 24.4 Å². The average molecular weight is 295 g/mol. The highest BCUT2D eigenvalue weighted by atomic mass is 16.5. The van der Waals surface area contributed by atoms with Gasteiger partial charge in [0.2, 0.25) is 0 Å². The van der Waals surface area contributed by atoms with Gasteiger partial charge in [-0.05, 0) is 31.5 Å². The summed E-state index contributed by atoms with van der Waals surface area (Å²) in [5.41, 5.74) is 3.89. The Morgan fingerprint density at radius 2 is 1.86 bits per heavy atom. The van der Waals surface area contributed by atoms with E-state index in [1.54, 1.807) is 20.2 Å². The van der Waals surface area contributed by atoms with Crippen molar-refractivity contribution in [1.29, 1.82) is 0 Å². The van der Waals surface area contributed by atoms with Gasteiger partial charge in [-0.2, -0.15) is 4.98 Å². The molecule has 0 aliphatic rings. The van der Waals surface area contributed by atoms with Crippen LogP contribution < -0.4 is 0 Å². The normalized spacial score (nSPS) is 12.3. The number of ether oxygens (including phenoxy) is 1. The number of hydrogen-bond donors (Lipinski definition) is 0. The van der Waals surface area contributed by atoms with Crippen LogP contribution in [-0.2, 0) is 4.74 Å². The van der Waals surface area contributed by atoms with E-state index in [2.05, 4.69) is 27.3 Å². The molecule has 0 aliphatic carbocycles. The van der Waals surface area contributed by atoms with Crippen molar-refractivity contribution < 1.29 is 9.26 Å². The van der Waals surface area contributed by atoms with Gasteiger partial charge in [-0.1, -0.05) is 29.4 Å². The molecule has 2 heterocycles. The lowest BCUT2D eigenvalue weighted by Crippen LogP contribution is -1.95. The Morgan fingerprint density at radius 3 is 2.50 bits per heavy atom. The molecule has 0 N–H and O–H groups in total. The van der Waals surface area contributed by atoms with Gasteiger partial charge in [0, 0.05) is 24.4 Å². The third-order valence-electron chi connectivity index (χ3n) is 3.56. The van der Waals surface area contributed by atoms with E-state index in [9.17, 15) is 0 Å². The average Bonchev–Trinajstić information content (AvgIpc) is 3.01. The fourth-order valence-electron chi connectivity index (χ4n) is 2.20. The minimum absolute atomic E-state index is 0.0784. The molecule has 0 bridgehead atoms. The zero-order valence-electron chi connectivity index (χ0n) is 12.8. The first-order valence-electron chi connectivity index (χ1n) is 7.07. The molecule has 0 saturated carbocycles. The zero-order valence-corrected chi connectivity index (χ0v) is 12.8. The van der Waals surface area contributed by atoms with Crippen LogP contribution in [-0.4, -0.2) is 22.2 Å². The predicted molar refractivity (Wildman–Crippen MR) is 83.1 cm³/mol. The van der Waals surface area contributed by atoms with E-state index in [0.29, 0.717) is 11.7 Å². The van der Waals surface area contributed by atoms with Crippen LogP contribution >= 0.6 is 0 Å². The largest absolute Gasteiger partial charge is 0.377 e. The second kappa shape index (κ2) is 6.07. The second-order valence-electron chi connectivity index (χ2n) is 5.08. The molecule has 22 heavy (non-hydrogen) atoms. The molecule has 0 saturated heterocycles. The predicted octanol–water partition coefficient (Wildman–Crippen LogP) is 3.81. The highest BCUT2D eigenvalue weighted by Crippen LogP contribution is 2.25. The second-order valence-corrected chi connectivity index (χ2v) is 5.08. The van der Waals surface area contributed by atoms with Crippen LogP contribution in [0, 0.1) is 6.92 Å². The molecule has 3 rings (SSSR count). The van der Waals surface area contributed by atoms with E-state index in [4.69, 9.17) is 9.26 Å². The van der Waals surface area contributed by atoms with Crippen LogP contribution in [0.15, 0.2) is 47.1 Å². The fraction of sp³-hybridized carbons (Fsp3) is 0.235. The lowest BCUT2D eigenvalue weighted by Gasteiger charge is -2.10. The Labute approximate surface area is 129 Å². The molecule has 0 aliphatic heterocycles. The van der Waals surface area contributed by atoms with Crippen molar-refractivity contribution in [3.8, 4) is 22.7 Å². The van der Waals surface area contributed by atoms with Crippen molar-refractivity contribution in [2.75, 3.05) is 7.11 Å². The number of pyridine rings is 1. The summed E-state index contributed by atoms with van der Waals surface area (Å²) in [6.07, 6.45) is 1.82. The van der Waals surface area contributed by atoms with E-state index < -0.39 is 0 Å². The standard InChI is InChI=1S/C17H17N3O2/c1-11(21-3)13-4-6-14(7-5-13)16-10-15(8-9-18-16)17-19-12(2)20-22-17/h4-11H,1-3H3/t11-/m0/s1. The number of nitrogens with zero attached hydrogens (tertiary/aromatic N) is 3. The molecule has 0 fully saturated rings. The maximum atomic E-state index is 5.32. The molecule has 1 aromatic carbocycles. The first kappa shape index (κ1) is 14.4. The molecule has 0 unspecified atom stereocenters. The summed E-state index contributed by atoms with van der Waals surface area (Å²) in [4.78, 5) is 8.66. The molecule has 2 aromatic heterocycles. The molecule has 1 atom stereocenters. The van der Waals surface area contributed by atoms with E-state index in [-0.39, 0.29) is 6.10 Å². The summed E-state index contributed by atoms with van der Waals surface area (Å²) in [5.74, 6) is 1.12. The summed E-state index contributed by atoms with van der Waals surface area (Å²) < 4.78 is 10.5. The highest BCUT2D eigenvalue weighted by Gasteiger charge is 2.09. The summed E-state index contributed by atoms with van der Waals surface area (Å²) in [6.45, 7) is 3.82. The van der Waals surface area contributed by atoms with Crippen LogP contribution in [0.4, 0.5) is 0 Å². The molecular weight excluding hydrogens is 278 g/mol. The first-order valence-corrected chi connectivity index (χ1v) is 7.07. The summed E-state index contributed by atoms with van der Waals surface area (Å²) in [5, 5.41) is 3.82. The van der Waals surface area contributed by atoms with Crippen LogP contribution in [0.5, 0.6) is 0 Å². The number of hydrogen-bond acceptors (Lipinski definition) is 5. The number of methoxy groups -OCH3 is 1. The molecule has 5 heteroatoms. The summed E-state index contributed by atoms with van der Waals surface area (Å²) in [6, 6.07) is 12.0. The summed E-state index contributed by atoms with van der Waals surface area (Å²) >= 11 is 0. The Balaban J connectivity index is 1.92. The third kappa shape index (κ3) is 2.89. The van der Waals surface area contributed by atoms with Gasteiger partial charge in [-0.3, -0.25) is 4.98 Å². The third-order valence-corrected chi connectivity index (χ3v) is 3.56. The smallest absolute Gasteiger partial charge is 0.258 e. The molecule has 112 valence electrons. The number of benzene rings is 1. The highest BCUT2D eigenvalue weighted by molar-refractivity contribution is 5.66. The monoisotopic (exact) mass is 295 g/mol. The minimum atomic E-state index is 0.0784. The van der Waals surface area contributed by atoms with Crippen molar-refractivity contribution in [2.24, 2.45) is 0 Å². The molecule has 3 aromatic rings. The molecule has 0 radical (unpaired) electrons. The maximum absolute atomic E-state index is 5.32. The lowest BCUT2D eigenvalue weighted by molar-refractivity contribution is 0.119. The van der Waals surface area contributed by atoms with E-state index in [1.165, 1.54) is 0 Å². The number of aryl methyl sites for hydroxylation is 1. The molecule has 0 spiro atoms. The lowest BCUT2D eigenvalue weighted by atomic mass is 10.0. The molecule has 0 amide bonds. The molecular formula is C17H17N3O2. The van der Waals surface area contributed by atoms with Crippen LogP contribution in [0.3, 0.4) is 0 Å². The maximum Gasteiger partial charge on any atom is 0.258 e. The SMILES string of the molecule is CO[C@@H](C)c1ccc(-c2cc(-c3nc(C)no3)ccn2)cc1. The molecule has 5 nitrogen and oxygen atoms in total. The van der Waals surface area contributed by atoms with Gasteiger partial charge in [0.1, 0.15) is 0 Å². The van der Waals surface area contributed by atoms with Gasteiger partial charge in [0.15, 0.2) is 5.82 Å². The van der Waals surface area contributed by atoms with Crippen molar-refractivity contribution in [3.05, 3.63) is 54.0 Å². The van der Waals surface area contributed by atoms with Gasteiger partial charge in [0.05, 0.1) is 11.8 Å². The zero-order chi connectivity index (χ0) is 15.5. The Morgan fingerprint density at radius 1 is 1.09 bits per heavy atom. The van der Waals surface area contributed by atoms with Crippen molar-refractivity contribution in [2.45, 2.75) is 20.0 Å². The van der Waals surface area contributed by atoms with E-state index in [1.807, 2.05) is 31.2 Å². The minimum Gasteiger partial charge on any atom is -0.377 e. The topological polar surface area (TPSA) is 61.0 Å². The quantitative estimate of drug-likeness (QED) is 0.732. The number of rotatable bonds is 4. The van der Waals surface area contributed by atoms with Crippen LogP contribution in [0.25, 0.3) is 22.7 Å². The van der Waals surface area contributed by atoms with Gasteiger partial charge in [-0.25, -0.2) is 0 Å². The van der Waals surface area contributed by atoms with Gasteiger partial charge in [0.25, 0.3) is 5.89 Å². The van der Waals surface area contributed by atoms with E-state index in [0.717, 1.165) is 22.4 Å². The van der Waals surface area contributed by atoms with Gasteiger partial charge >= 0.3 is 0 Å². The Kier molecular flexibility index (Phi) is 3.98. The first-order chi connectivity index (χ1) is 10.7. The van der Waals surface area contributed by atoms with Crippen molar-refractivity contribution >= 4 is 0 Å². The van der Waals surface area contributed by atoms with Gasteiger partial charge < -0.3 is 9.26 Å². The Bertz CT molecular complexity index is 766. The van der Waals surface area contributed by atoms with Crippen molar-refractivity contribution in [3.63, 3.8) is 0 Å². The fourth-order valence-corrected chi connectivity index (χ4v) is 2.20.